The number of hydrogen-bond acceptors (Lipinski definition) is 3. The van der Waals surface area contributed by atoms with Crippen LogP contribution in [0, 0.1) is 17.8 Å². The number of rotatable bonds is 3. The Hall–Kier alpha value is -1.59. The number of carbonyl (C=O) groups is 2. The monoisotopic (exact) mass is 377 g/mol. The Morgan fingerprint density at radius 3 is 2.38 bits per heavy atom. The molecule has 0 aromatic heterocycles. The van der Waals surface area contributed by atoms with Crippen molar-refractivity contribution in [2.24, 2.45) is 23.5 Å². The maximum atomic E-state index is 12.8. The first-order valence-electron chi connectivity index (χ1n) is 9.56. The van der Waals surface area contributed by atoms with Crippen molar-refractivity contribution in [1.29, 1.82) is 0 Å². The molecule has 2 bridgehead atoms. The van der Waals surface area contributed by atoms with Gasteiger partial charge in [-0.25, -0.2) is 0 Å². The van der Waals surface area contributed by atoms with Crippen LogP contribution in [0.2, 0.25) is 0 Å². The summed E-state index contributed by atoms with van der Waals surface area (Å²) in [6.07, 6.45) is 5.97. The second-order valence-corrected chi connectivity index (χ2v) is 7.87. The molecular weight excluding hydrogens is 350 g/mol. The normalized spacial score (nSPS) is 33.5. The topological polar surface area (TPSA) is 75.4 Å². The average molecular weight is 378 g/mol. The number of para-hydroxylation sites is 1. The van der Waals surface area contributed by atoms with Crippen LogP contribution in [0.25, 0.3) is 0 Å². The fraction of sp³-hybridized carbons (Fsp3) is 0.600. The Kier molecular flexibility index (Phi) is 5.88. The summed E-state index contributed by atoms with van der Waals surface area (Å²) in [6, 6.07) is 9.55. The van der Waals surface area contributed by atoms with E-state index in [1.165, 1.54) is 6.42 Å². The molecule has 1 aromatic rings. The molecule has 26 heavy (non-hydrogen) atoms. The lowest BCUT2D eigenvalue weighted by Gasteiger charge is -2.43. The van der Waals surface area contributed by atoms with Crippen LogP contribution in [0.3, 0.4) is 0 Å². The number of fused-ring (bicyclic) bond motifs is 2. The van der Waals surface area contributed by atoms with Gasteiger partial charge in [0, 0.05) is 24.2 Å². The highest BCUT2D eigenvalue weighted by Gasteiger charge is 2.42. The molecule has 1 heterocycles. The summed E-state index contributed by atoms with van der Waals surface area (Å²) >= 11 is 0. The average Bonchev–Trinajstić information content (AvgIpc) is 2.96. The Morgan fingerprint density at radius 2 is 1.73 bits per heavy atom. The third-order valence-electron chi connectivity index (χ3n) is 6.37. The van der Waals surface area contributed by atoms with Gasteiger partial charge in [0.05, 0.1) is 0 Å². The van der Waals surface area contributed by atoms with Gasteiger partial charge in [0.15, 0.2) is 0 Å². The second-order valence-electron chi connectivity index (χ2n) is 7.87. The van der Waals surface area contributed by atoms with Gasteiger partial charge in [-0.05, 0) is 56.1 Å². The second kappa shape index (κ2) is 7.97. The van der Waals surface area contributed by atoms with Gasteiger partial charge in [-0.2, -0.15) is 0 Å². The van der Waals surface area contributed by atoms with E-state index in [4.69, 9.17) is 5.73 Å². The molecule has 5 nitrogen and oxygen atoms in total. The Balaban J connectivity index is 0.00000196. The van der Waals surface area contributed by atoms with Crippen LogP contribution in [-0.4, -0.2) is 30.4 Å². The molecule has 1 aliphatic heterocycles. The summed E-state index contributed by atoms with van der Waals surface area (Å²) < 4.78 is 0. The molecule has 4 rings (SSSR count). The van der Waals surface area contributed by atoms with E-state index in [-0.39, 0.29) is 42.2 Å². The van der Waals surface area contributed by atoms with E-state index in [0.717, 1.165) is 31.4 Å². The van der Waals surface area contributed by atoms with E-state index in [1.54, 1.807) is 4.90 Å². The first kappa shape index (κ1) is 19.2. The number of nitrogens with one attached hydrogen (secondary N) is 1. The van der Waals surface area contributed by atoms with E-state index in [0.29, 0.717) is 24.8 Å². The van der Waals surface area contributed by atoms with Crippen LogP contribution in [0.5, 0.6) is 0 Å². The molecular formula is C20H28ClN3O2. The van der Waals surface area contributed by atoms with E-state index in [2.05, 4.69) is 5.32 Å². The SMILES string of the molecule is Cl.NC1C2CCCC1CC(C(=O)NC1CCN(c3ccccc3)C1=O)C2. The van der Waals surface area contributed by atoms with Gasteiger partial charge >= 0.3 is 0 Å². The van der Waals surface area contributed by atoms with Crippen molar-refractivity contribution in [3.63, 3.8) is 0 Å². The third kappa shape index (κ3) is 3.60. The zero-order chi connectivity index (χ0) is 17.4. The minimum atomic E-state index is -0.386. The number of carbonyl (C=O) groups excluding carboxylic acids is 2. The predicted molar refractivity (Wildman–Crippen MR) is 104 cm³/mol. The van der Waals surface area contributed by atoms with Crippen molar-refractivity contribution >= 4 is 29.9 Å². The summed E-state index contributed by atoms with van der Waals surface area (Å²) in [5, 5.41) is 3.03. The van der Waals surface area contributed by atoms with Gasteiger partial charge in [0.2, 0.25) is 11.8 Å². The number of nitrogens with two attached hydrogens (primary N) is 1. The standard InChI is InChI=1S/C20H27N3O2.ClH/c21-18-13-5-4-6-14(18)12-15(11-13)19(24)22-17-9-10-23(20(17)25)16-7-2-1-3-8-16;/h1-3,7-8,13-15,17-18H,4-6,9-12,21H2,(H,22,24);1H. The summed E-state index contributed by atoms with van der Waals surface area (Å²) in [7, 11) is 0. The fourth-order valence-electron chi connectivity index (χ4n) is 4.97. The van der Waals surface area contributed by atoms with E-state index in [1.807, 2.05) is 30.3 Å². The minimum absolute atomic E-state index is 0. The smallest absolute Gasteiger partial charge is 0.249 e. The molecule has 2 aliphatic carbocycles. The number of amides is 2. The first-order chi connectivity index (χ1) is 12.1. The van der Waals surface area contributed by atoms with Crippen LogP contribution < -0.4 is 16.0 Å². The predicted octanol–water partition coefficient (Wildman–Crippen LogP) is 2.48. The molecule has 1 saturated heterocycles. The van der Waals surface area contributed by atoms with Gasteiger partial charge in [0.1, 0.15) is 6.04 Å². The summed E-state index contributed by atoms with van der Waals surface area (Å²) in [5.74, 6) is 1.03. The van der Waals surface area contributed by atoms with Gasteiger partial charge in [-0.15, -0.1) is 12.4 Å². The third-order valence-corrected chi connectivity index (χ3v) is 6.37. The lowest BCUT2D eigenvalue weighted by atomic mass is 9.65. The van der Waals surface area contributed by atoms with E-state index < -0.39 is 0 Å². The quantitative estimate of drug-likeness (QED) is 0.849. The summed E-state index contributed by atoms with van der Waals surface area (Å²) in [4.78, 5) is 27.2. The minimum Gasteiger partial charge on any atom is -0.344 e. The molecule has 3 aliphatic rings. The van der Waals surface area contributed by atoms with Crippen molar-refractivity contribution in [2.45, 2.75) is 50.6 Å². The molecule has 3 fully saturated rings. The van der Waals surface area contributed by atoms with Crippen molar-refractivity contribution < 1.29 is 9.59 Å². The zero-order valence-corrected chi connectivity index (χ0v) is 15.8. The molecule has 0 radical (unpaired) electrons. The Morgan fingerprint density at radius 1 is 1.08 bits per heavy atom. The van der Waals surface area contributed by atoms with Crippen molar-refractivity contribution in [1.82, 2.24) is 5.32 Å². The molecule has 0 spiro atoms. The number of anilines is 1. The van der Waals surface area contributed by atoms with E-state index >= 15 is 0 Å². The van der Waals surface area contributed by atoms with Crippen LogP contribution in [0.1, 0.15) is 38.5 Å². The van der Waals surface area contributed by atoms with Crippen molar-refractivity contribution in [2.75, 3.05) is 11.4 Å². The molecule has 2 amide bonds. The molecule has 3 N–H and O–H groups in total. The maximum Gasteiger partial charge on any atom is 0.249 e. The lowest BCUT2D eigenvalue weighted by molar-refractivity contribution is -0.131. The van der Waals surface area contributed by atoms with Gasteiger partial charge in [-0.1, -0.05) is 24.6 Å². The number of benzene rings is 1. The number of halogens is 1. The van der Waals surface area contributed by atoms with Gasteiger partial charge < -0.3 is 16.0 Å². The first-order valence-corrected chi connectivity index (χ1v) is 9.56. The Labute approximate surface area is 161 Å². The number of hydrogen-bond donors (Lipinski definition) is 2. The van der Waals surface area contributed by atoms with Gasteiger partial charge in [-0.3, -0.25) is 9.59 Å². The fourth-order valence-corrected chi connectivity index (χ4v) is 4.97. The summed E-state index contributed by atoms with van der Waals surface area (Å²) in [6.45, 7) is 0.661. The highest BCUT2D eigenvalue weighted by atomic mass is 35.5. The van der Waals surface area contributed by atoms with Crippen molar-refractivity contribution in [3.8, 4) is 0 Å². The zero-order valence-electron chi connectivity index (χ0n) is 15.0. The van der Waals surface area contributed by atoms with Crippen LogP contribution >= 0.6 is 12.4 Å². The van der Waals surface area contributed by atoms with E-state index in [9.17, 15) is 9.59 Å². The molecule has 2 saturated carbocycles. The maximum absolute atomic E-state index is 12.8. The molecule has 6 heteroatoms. The van der Waals surface area contributed by atoms with Crippen LogP contribution in [0.4, 0.5) is 5.69 Å². The number of nitrogens with zero attached hydrogens (tertiary/aromatic N) is 1. The molecule has 3 atom stereocenters. The van der Waals surface area contributed by atoms with Crippen LogP contribution in [0.15, 0.2) is 30.3 Å². The summed E-state index contributed by atoms with van der Waals surface area (Å²) in [5.41, 5.74) is 7.23. The molecule has 3 unspecified atom stereocenters. The molecule has 142 valence electrons. The lowest BCUT2D eigenvalue weighted by Crippen LogP contribution is -2.51. The van der Waals surface area contributed by atoms with Crippen LogP contribution in [-0.2, 0) is 9.59 Å². The largest absolute Gasteiger partial charge is 0.344 e. The van der Waals surface area contributed by atoms with Crippen molar-refractivity contribution in [3.05, 3.63) is 30.3 Å². The highest BCUT2D eigenvalue weighted by Crippen LogP contribution is 2.42. The van der Waals surface area contributed by atoms with Gasteiger partial charge in [0.25, 0.3) is 0 Å². The highest BCUT2D eigenvalue weighted by molar-refractivity contribution is 6.01. The Bertz CT molecular complexity index is 640. The molecule has 1 aromatic carbocycles.